The van der Waals surface area contributed by atoms with Crippen molar-refractivity contribution in [3.8, 4) is 0 Å². The van der Waals surface area contributed by atoms with Crippen LogP contribution in [0.4, 0.5) is 0 Å². The summed E-state index contributed by atoms with van der Waals surface area (Å²) in [7, 11) is 0. The Bertz CT molecular complexity index is 618. The Morgan fingerprint density at radius 2 is 2.14 bits per heavy atom. The lowest BCUT2D eigenvalue weighted by Crippen LogP contribution is -2.14. The first-order valence-corrected chi connectivity index (χ1v) is 8.38. The van der Waals surface area contributed by atoms with Crippen molar-refractivity contribution in [1.29, 1.82) is 0 Å². The monoisotopic (exact) mass is 326 g/mol. The fraction of sp³-hybridized carbons (Fsp3) is 0.562. The van der Waals surface area contributed by atoms with Crippen LogP contribution in [0.3, 0.4) is 0 Å². The topological polar surface area (TPSA) is 27.1 Å². The lowest BCUT2D eigenvalue weighted by Gasteiger charge is -2.14. The zero-order chi connectivity index (χ0) is 14.8. The average molecular weight is 327 g/mol. The maximum Gasteiger partial charge on any atom is 0.127 e. The van der Waals surface area contributed by atoms with E-state index in [-0.39, 0.29) is 5.38 Å². The van der Waals surface area contributed by atoms with Crippen molar-refractivity contribution in [2.24, 2.45) is 0 Å². The van der Waals surface area contributed by atoms with Crippen LogP contribution >= 0.6 is 23.2 Å². The van der Waals surface area contributed by atoms with Crippen molar-refractivity contribution in [3.63, 3.8) is 0 Å². The number of hydrogen-bond donors (Lipinski definition) is 0. The third kappa shape index (κ3) is 3.36. The largest absolute Gasteiger partial charge is 0.376 e. The first kappa shape index (κ1) is 15.1. The van der Waals surface area contributed by atoms with Crippen LogP contribution in [-0.4, -0.2) is 22.3 Å². The number of ether oxygens (including phenoxy) is 1. The first-order valence-electron chi connectivity index (χ1n) is 7.56. The Balaban J connectivity index is 1.79. The number of rotatable bonds is 5. The first-order chi connectivity index (χ1) is 10.1. The SMILES string of the molecule is CC(Cl)c1nc2cc(Cl)ccc2n1CCOC1CCCC1. The summed E-state index contributed by atoms with van der Waals surface area (Å²) in [4.78, 5) is 4.61. The van der Waals surface area contributed by atoms with Gasteiger partial charge in [-0.3, -0.25) is 0 Å². The number of nitrogens with zero attached hydrogens (tertiary/aromatic N) is 2. The summed E-state index contributed by atoms with van der Waals surface area (Å²) in [6.07, 6.45) is 5.41. The molecule has 1 aromatic carbocycles. The molecule has 114 valence electrons. The van der Waals surface area contributed by atoms with Crippen molar-refractivity contribution in [2.75, 3.05) is 6.61 Å². The summed E-state index contributed by atoms with van der Waals surface area (Å²) in [5.74, 6) is 0.879. The van der Waals surface area contributed by atoms with Gasteiger partial charge in [-0.15, -0.1) is 11.6 Å². The molecule has 3 nitrogen and oxygen atoms in total. The Kier molecular flexibility index (Phi) is 4.72. The summed E-state index contributed by atoms with van der Waals surface area (Å²) in [5, 5.41) is 0.561. The van der Waals surface area contributed by atoms with E-state index in [1.807, 2.05) is 25.1 Å². The molecule has 21 heavy (non-hydrogen) atoms. The van der Waals surface area contributed by atoms with Gasteiger partial charge in [0.15, 0.2) is 0 Å². The van der Waals surface area contributed by atoms with Gasteiger partial charge < -0.3 is 9.30 Å². The van der Waals surface area contributed by atoms with Gasteiger partial charge in [-0.05, 0) is 38.0 Å². The summed E-state index contributed by atoms with van der Waals surface area (Å²) in [6.45, 7) is 3.43. The fourth-order valence-corrected chi connectivity index (χ4v) is 3.36. The molecule has 1 heterocycles. The maximum atomic E-state index is 6.27. The molecular formula is C16H20Cl2N2O. The average Bonchev–Trinajstić information content (AvgIpc) is 3.06. The van der Waals surface area contributed by atoms with E-state index in [1.54, 1.807) is 0 Å². The predicted molar refractivity (Wildman–Crippen MR) is 87.2 cm³/mol. The molecule has 1 saturated carbocycles. The Hall–Kier alpha value is -0.770. The van der Waals surface area contributed by atoms with Crippen molar-refractivity contribution in [2.45, 2.75) is 50.6 Å². The van der Waals surface area contributed by atoms with Gasteiger partial charge in [0.05, 0.1) is 29.1 Å². The normalized spacial score (nSPS) is 17.7. The van der Waals surface area contributed by atoms with E-state index in [2.05, 4.69) is 9.55 Å². The van der Waals surface area contributed by atoms with Gasteiger partial charge in [0.2, 0.25) is 0 Å². The van der Waals surface area contributed by atoms with Gasteiger partial charge in [-0.25, -0.2) is 4.98 Å². The molecular weight excluding hydrogens is 307 g/mol. The van der Waals surface area contributed by atoms with E-state index in [0.717, 1.165) is 23.4 Å². The predicted octanol–water partition coefficient (Wildman–Crippen LogP) is 4.95. The van der Waals surface area contributed by atoms with Gasteiger partial charge in [-0.1, -0.05) is 24.4 Å². The van der Waals surface area contributed by atoms with E-state index in [9.17, 15) is 0 Å². The minimum absolute atomic E-state index is 0.136. The highest BCUT2D eigenvalue weighted by Gasteiger charge is 2.17. The summed E-state index contributed by atoms with van der Waals surface area (Å²) >= 11 is 12.3. The number of imidazole rings is 1. The van der Waals surface area contributed by atoms with Gasteiger partial charge in [0.25, 0.3) is 0 Å². The van der Waals surface area contributed by atoms with Gasteiger partial charge in [0, 0.05) is 11.6 Å². The fourth-order valence-electron chi connectivity index (χ4n) is 3.03. The third-order valence-corrected chi connectivity index (χ3v) is 4.50. The van der Waals surface area contributed by atoms with Crippen molar-refractivity contribution < 1.29 is 4.74 Å². The van der Waals surface area contributed by atoms with Crippen LogP contribution in [-0.2, 0) is 11.3 Å². The van der Waals surface area contributed by atoms with Gasteiger partial charge in [0.1, 0.15) is 5.82 Å². The van der Waals surface area contributed by atoms with Crippen LogP contribution in [0.25, 0.3) is 11.0 Å². The van der Waals surface area contributed by atoms with Crippen molar-refractivity contribution in [1.82, 2.24) is 9.55 Å². The molecule has 0 bridgehead atoms. The second kappa shape index (κ2) is 6.55. The van der Waals surface area contributed by atoms with Crippen LogP contribution in [0.2, 0.25) is 5.02 Å². The van der Waals surface area contributed by atoms with Crippen LogP contribution in [0, 0.1) is 0 Å². The smallest absolute Gasteiger partial charge is 0.127 e. The molecule has 0 amide bonds. The highest BCUT2D eigenvalue weighted by atomic mass is 35.5. The molecule has 1 unspecified atom stereocenters. The number of halogens is 2. The van der Waals surface area contributed by atoms with E-state index >= 15 is 0 Å². The molecule has 1 aliphatic carbocycles. The molecule has 1 atom stereocenters. The number of benzene rings is 1. The van der Waals surface area contributed by atoms with E-state index in [1.165, 1.54) is 25.7 Å². The van der Waals surface area contributed by atoms with E-state index < -0.39 is 0 Å². The Morgan fingerprint density at radius 3 is 2.86 bits per heavy atom. The van der Waals surface area contributed by atoms with Gasteiger partial charge >= 0.3 is 0 Å². The quantitative estimate of drug-likeness (QED) is 0.727. The minimum Gasteiger partial charge on any atom is -0.376 e. The molecule has 2 aromatic rings. The van der Waals surface area contributed by atoms with Crippen LogP contribution < -0.4 is 0 Å². The lowest BCUT2D eigenvalue weighted by molar-refractivity contribution is 0.0531. The molecule has 1 aromatic heterocycles. The Labute approximate surface area is 135 Å². The van der Waals surface area contributed by atoms with Crippen molar-refractivity contribution >= 4 is 34.2 Å². The molecule has 0 spiro atoms. The highest BCUT2D eigenvalue weighted by molar-refractivity contribution is 6.31. The molecule has 3 rings (SSSR count). The summed E-state index contributed by atoms with van der Waals surface area (Å²) < 4.78 is 8.12. The second-order valence-corrected chi connectivity index (χ2v) is 6.74. The number of fused-ring (bicyclic) bond motifs is 1. The lowest BCUT2D eigenvalue weighted by atomic mass is 10.3. The zero-order valence-corrected chi connectivity index (χ0v) is 13.7. The van der Waals surface area contributed by atoms with Crippen LogP contribution in [0.1, 0.15) is 43.8 Å². The summed E-state index contributed by atoms with van der Waals surface area (Å²) in [5.41, 5.74) is 1.96. The maximum absolute atomic E-state index is 6.27. The third-order valence-electron chi connectivity index (χ3n) is 4.07. The van der Waals surface area contributed by atoms with E-state index in [4.69, 9.17) is 27.9 Å². The van der Waals surface area contributed by atoms with Crippen LogP contribution in [0.15, 0.2) is 18.2 Å². The molecule has 0 radical (unpaired) electrons. The molecule has 1 fully saturated rings. The molecule has 1 aliphatic rings. The standard InChI is InChI=1S/C16H20Cl2N2O/c1-11(17)16-19-14-10-12(18)6-7-15(14)20(16)8-9-21-13-4-2-3-5-13/h6-7,10-11,13H,2-5,8-9H2,1H3. The highest BCUT2D eigenvalue weighted by Crippen LogP contribution is 2.27. The zero-order valence-electron chi connectivity index (χ0n) is 12.2. The molecule has 0 aliphatic heterocycles. The van der Waals surface area contributed by atoms with Crippen molar-refractivity contribution in [3.05, 3.63) is 29.0 Å². The second-order valence-electron chi connectivity index (χ2n) is 5.65. The molecule has 0 N–H and O–H groups in total. The van der Waals surface area contributed by atoms with E-state index in [0.29, 0.717) is 17.7 Å². The molecule has 5 heteroatoms. The summed E-state index contributed by atoms with van der Waals surface area (Å²) in [6, 6.07) is 5.78. The van der Waals surface area contributed by atoms with Gasteiger partial charge in [-0.2, -0.15) is 0 Å². The van der Waals surface area contributed by atoms with Crippen LogP contribution in [0.5, 0.6) is 0 Å². The minimum atomic E-state index is -0.136. The number of aromatic nitrogens is 2. The molecule has 0 saturated heterocycles. The Morgan fingerprint density at radius 1 is 1.38 bits per heavy atom. The number of hydrogen-bond acceptors (Lipinski definition) is 2. The number of alkyl halides is 1.